The summed E-state index contributed by atoms with van der Waals surface area (Å²) >= 11 is 12.7. The van der Waals surface area contributed by atoms with Gasteiger partial charge in [0.05, 0.1) is 6.61 Å². The van der Waals surface area contributed by atoms with Gasteiger partial charge in [-0.3, -0.25) is 4.90 Å². The summed E-state index contributed by atoms with van der Waals surface area (Å²) < 4.78 is 10.7. The predicted molar refractivity (Wildman–Crippen MR) is 121 cm³/mol. The number of fused-ring (bicyclic) bond motifs is 1. The van der Waals surface area contributed by atoms with E-state index in [1.807, 2.05) is 24.3 Å². The van der Waals surface area contributed by atoms with Crippen molar-refractivity contribution in [2.75, 3.05) is 37.7 Å². The number of rotatable bonds is 5. The third-order valence-electron chi connectivity index (χ3n) is 5.57. The van der Waals surface area contributed by atoms with Gasteiger partial charge in [0.2, 0.25) is 5.76 Å². The van der Waals surface area contributed by atoms with Crippen LogP contribution in [0.2, 0.25) is 10.0 Å². The highest BCUT2D eigenvalue weighted by Crippen LogP contribution is 2.32. The molecule has 0 unspecified atom stereocenters. The molecule has 0 aliphatic carbocycles. The summed E-state index contributed by atoms with van der Waals surface area (Å²) in [4.78, 5) is 16.7. The van der Waals surface area contributed by atoms with Gasteiger partial charge in [0.15, 0.2) is 0 Å². The monoisotopic (exact) mass is 446 g/mol. The Morgan fingerprint density at radius 1 is 1.10 bits per heavy atom. The number of esters is 1. The van der Waals surface area contributed by atoms with E-state index in [9.17, 15) is 4.79 Å². The summed E-state index contributed by atoms with van der Waals surface area (Å²) in [5, 5.41) is 2.37. The number of carbonyl (C=O) groups excluding carboxylic acids is 1. The number of piperazine rings is 1. The van der Waals surface area contributed by atoms with E-state index in [4.69, 9.17) is 32.4 Å². The highest BCUT2D eigenvalue weighted by molar-refractivity contribution is 6.35. The van der Waals surface area contributed by atoms with E-state index in [1.165, 1.54) is 0 Å². The van der Waals surface area contributed by atoms with Gasteiger partial charge in [0, 0.05) is 59.4 Å². The normalized spacial score (nSPS) is 15.0. The lowest BCUT2D eigenvalue weighted by Gasteiger charge is -2.37. The molecule has 158 valence electrons. The third-order valence-corrected chi connectivity index (χ3v) is 6.28. The molecule has 1 aromatic heterocycles. The van der Waals surface area contributed by atoms with Crippen LogP contribution in [0.1, 0.15) is 28.6 Å². The molecule has 30 heavy (non-hydrogen) atoms. The van der Waals surface area contributed by atoms with E-state index in [0.717, 1.165) is 54.9 Å². The van der Waals surface area contributed by atoms with Crippen molar-refractivity contribution in [3.05, 3.63) is 63.3 Å². The molecule has 1 aliphatic heterocycles. The third kappa shape index (κ3) is 4.15. The number of hydrogen-bond acceptors (Lipinski definition) is 5. The molecule has 0 amide bonds. The van der Waals surface area contributed by atoms with E-state index in [0.29, 0.717) is 22.2 Å². The molecule has 0 atom stereocenters. The fourth-order valence-electron chi connectivity index (χ4n) is 3.94. The topological polar surface area (TPSA) is 45.9 Å². The fourth-order valence-corrected chi connectivity index (χ4v) is 4.46. The highest BCUT2D eigenvalue weighted by atomic mass is 35.5. The molecule has 0 N–H and O–H groups in total. The number of halogens is 2. The van der Waals surface area contributed by atoms with Gasteiger partial charge in [-0.1, -0.05) is 29.3 Å². The number of ether oxygens (including phenoxy) is 1. The second-order valence-corrected chi connectivity index (χ2v) is 8.23. The number of furan rings is 1. The van der Waals surface area contributed by atoms with Gasteiger partial charge in [-0.15, -0.1) is 0 Å². The van der Waals surface area contributed by atoms with E-state index in [1.54, 1.807) is 13.0 Å². The van der Waals surface area contributed by atoms with Gasteiger partial charge in [0.1, 0.15) is 5.58 Å². The standard InChI is InChI=1S/C23H24Cl2N2O3/c1-3-29-23(28)22-13-16-15(2)20(7-8-21(16)30-22)27-11-9-26(10-12-27)14-17-18(24)5-4-6-19(17)25/h4-8,13H,3,9-12,14H2,1-2H3. The van der Waals surface area contributed by atoms with Crippen molar-refractivity contribution >= 4 is 45.8 Å². The number of carbonyl (C=O) groups is 1. The summed E-state index contributed by atoms with van der Waals surface area (Å²) in [5.74, 6) is -0.185. The first-order valence-corrected chi connectivity index (χ1v) is 10.8. The van der Waals surface area contributed by atoms with Crippen molar-refractivity contribution in [1.29, 1.82) is 0 Å². The Morgan fingerprint density at radius 2 is 1.80 bits per heavy atom. The zero-order valence-electron chi connectivity index (χ0n) is 17.1. The summed E-state index contributed by atoms with van der Waals surface area (Å²) in [7, 11) is 0. The maximum atomic E-state index is 12.0. The highest BCUT2D eigenvalue weighted by Gasteiger charge is 2.22. The van der Waals surface area contributed by atoms with Crippen LogP contribution in [0.5, 0.6) is 0 Å². The molecule has 1 saturated heterocycles. The molecule has 0 saturated carbocycles. The van der Waals surface area contributed by atoms with E-state index >= 15 is 0 Å². The number of aryl methyl sites for hydroxylation is 1. The Kier molecular flexibility index (Phi) is 6.23. The van der Waals surface area contributed by atoms with Crippen LogP contribution in [0.15, 0.2) is 40.8 Å². The Balaban J connectivity index is 1.48. The molecule has 3 aromatic rings. The molecular weight excluding hydrogens is 423 g/mol. The quantitative estimate of drug-likeness (QED) is 0.480. The minimum Gasteiger partial charge on any atom is -0.460 e. The largest absolute Gasteiger partial charge is 0.460 e. The molecule has 1 fully saturated rings. The van der Waals surface area contributed by atoms with E-state index < -0.39 is 5.97 Å². The van der Waals surface area contributed by atoms with Crippen LogP contribution in [0, 0.1) is 6.92 Å². The maximum Gasteiger partial charge on any atom is 0.374 e. The average molecular weight is 447 g/mol. The Labute approximate surface area is 186 Å². The SMILES string of the molecule is CCOC(=O)c1cc2c(C)c(N3CCN(Cc4c(Cl)cccc4Cl)CC3)ccc2o1. The van der Waals surface area contributed by atoms with Gasteiger partial charge in [0.25, 0.3) is 0 Å². The first-order valence-electron chi connectivity index (χ1n) is 10.1. The lowest BCUT2D eigenvalue weighted by Crippen LogP contribution is -2.46. The van der Waals surface area contributed by atoms with Gasteiger partial charge in [-0.05, 0) is 49.7 Å². The Hall–Kier alpha value is -2.21. The second kappa shape index (κ2) is 8.88. The van der Waals surface area contributed by atoms with Crippen molar-refractivity contribution in [3.63, 3.8) is 0 Å². The number of hydrogen-bond donors (Lipinski definition) is 0. The molecule has 0 bridgehead atoms. The lowest BCUT2D eigenvalue weighted by atomic mass is 10.1. The first-order chi connectivity index (χ1) is 14.5. The minimum atomic E-state index is -0.429. The number of anilines is 1. The van der Waals surface area contributed by atoms with Crippen molar-refractivity contribution in [1.82, 2.24) is 4.90 Å². The van der Waals surface area contributed by atoms with Crippen LogP contribution in [0.4, 0.5) is 5.69 Å². The first kappa shape index (κ1) is 21.0. The molecule has 0 spiro atoms. The Morgan fingerprint density at radius 3 is 2.47 bits per heavy atom. The average Bonchev–Trinajstić information content (AvgIpc) is 3.18. The predicted octanol–water partition coefficient (Wildman–Crippen LogP) is 5.55. The molecule has 2 aromatic carbocycles. The number of nitrogens with zero attached hydrogens (tertiary/aromatic N) is 2. The zero-order chi connectivity index (χ0) is 21.3. The van der Waals surface area contributed by atoms with Gasteiger partial charge in [-0.25, -0.2) is 4.79 Å². The lowest BCUT2D eigenvalue weighted by molar-refractivity contribution is 0.0492. The van der Waals surface area contributed by atoms with Crippen LogP contribution in [-0.4, -0.2) is 43.7 Å². The van der Waals surface area contributed by atoms with Crippen LogP contribution in [-0.2, 0) is 11.3 Å². The van der Waals surface area contributed by atoms with Crippen LogP contribution < -0.4 is 4.90 Å². The summed E-state index contributed by atoms with van der Waals surface area (Å²) in [5.41, 5.74) is 3.95. The molecule has 1 aliphatic rings. The summed E-state index contributed by atoms with van der Waals surface area (Å²) in [6, 6.07) is 11.4. The second-order valence-electron chi connectivity index (χ2n) is 7.42. The van der Waals surface area contributed by atoms with Crippen LogP contribution in [0.25, 0.3) is 11.0 Å². The van der Waals surface area contributed by atoms with Crippen LogP contribution in [0.3, 0.4) is 0 Å². The van der Waals surface area contributed by atoms with Crippen molar-refractivity contribution < 1.29 is 13.9 Å². The minimum absolute atomic E-state index is 0.244. The maximum absolute atomic E-state index is 12.0. The molecular formula is C23H24Cl2N2O3. The molecule has 2 heterocycles. The zero-order valence-corrected chi connectivity index (χ0v) is 18.6. The van der Waals surface area contributed by atoms with E-state index in [2.05, 4.69) is 22.8 Å². The van der Waals surface area contributed by atoms with Crippen molar-refractivity contribution in [2.45, 2.75) is 20.4 Å². The van der Waals surface area contributed by atoms with Gasteiger partial charge in [-0.2, -0.15) is 0 Å². The van der Waals surface area contributed by atoms with Crippen molar-refractivity contribution in [2.24, 2.45) is 0 Å². The molecule has 5 nitrogen and oxygen atoms in total. The Bertz CT molecular complexity index is 1050. The van der Waals surface area contributed by atoms with Crippen LogP contribution >= 0.6 is 23.2 Å². The summed E-state index contributed by atoms with van der Waals surface area (Å²) in [6.45, 7) is 8.55. The van der Waals surface area contributed by atoms with Crippen molar-refractivity contribution in [3.8, 4) is 0 Å². The van der Waals surface area contributed by atoms with E-state index in [-0.39, 0.29) is 5.76 Å². The molecule has 7 heteroatoms. The van der Waals surface area contributed by atoms with Gasteiger partial charge >= 0.3 is 5.97 Å². The smallest absolute Gasteiger partial charge is 0.374 e. The summed E-state index contributed by atoms with van der Waals surface area (Å²) in [6.07, 6.45) is 0. The van der Waals surface area contributed by atoms with Gasteiger partial charge < -0.3 is 14.1 Å². The molecule has 0 radical (unpaired) electrons. The fraction of sp³-hybridized carbons (Fsp3) is 0.348. The number of benzene rings is 2. The molecule has 4 rings (SSSR count).